The summed E-state index contributed by atoms with van der Waals surface area (Å²) in [7, 11) is 0. The number of hydrogen-bond donors (Lipinski definition) is 0. The predicted molar refractivity (Wildman–Crippen MR) is 115 cm³/mol. The maximum atomic E-state index is 6.55. The Morgan fingerprint density at radius 2 is 1.71 bits per heavy atom. The number of fused-ring (bicyclic) bond motifs is 3. The zero-order valence-corrected chi connectivity index (χ0v) is 17.5. The molecule has 4 fully saturated rings. The molecule has 3 heterocycles. The Bertz CT molecular complexity index is 1060. The number of furan rings is 1. The third-order valence-corrected chi connectivity index (χ3v) is 9.56. The van der Waals surface area contributed by atoms with E-state index < -0.39 is 0 Å². The van der Waals surface area contributed by atoms with E-state index in [9.17, 15) is 0 Å². The van der Waals surface area contributed by atoms with Crippen LogP contribution in [0.4, 0.5) is 5.69 Å². The Balaban J connectivity index is 1.55. The van der Waals surface area contributed by atoms with Crippen LogP contribution >= 0.6 is 11.3 Å². The lowest BCUT2D eigenvalue weighted by atomic mass is 9.47. The van der Waals surface area contributed by atoms with Crippen LogP contribution in [0.25, 0.3) is 10.3 Å². The van der Waals surface area contributed by atoms with E-state index in [1.165, 1.54) is 53.8 Å². The van der Waals surface area contributed by atoms with Crippen LogP contribution in [-0.4, -0.2) is 0 Å². The molecule has 4 saturated carbocycles. The molecule has 1 aromatic carbocycles. The fourth-order valence-electron chi connectivity index (χ4n) is 8.02. The van der Waals surface area contributed by atoms with Crippen molar-refractivity contribution in [2.75, 3.05) is 4.90 Å². The Kier molecular flexibility index (Phi) is 3.01. The van der Waals surface area contributed by atoms with Crippen LogP contribution in [0.5, 0.6) is 0 Å². The van der Waals surface area contributed by atoms with E-state index in [2.05, 4.69) is 54.5 Å². The van der Waals surface area contributed by atoms with Gasteiger partial charge in [-0.1, -0.05) is 18.2 Å². The van der Waals surface area contributed by atoms with Gasteiger partial charge in [-0.05, 0) is 92.7 Å². The molecule has 28 heavy (non-hydrogen) atoms. The highest BCUT2D eigenvalue weighted by molar-refractivity contribution is 7.17. The van der Waals surface area contributed by atoms with Crippen LogP contribution in [0.15, 0.2) is 40.1 Å². The van der Waals surface area contributed by atoms with E-state index in [0.29, 0.717) is 6.04 Å². The molecule has 0 amide bonds. The molecule has 144 valence electrons. The standard InChI is InChI=1S/C25H27NOS/c1-14-5-3-4-6-20(14)26-15(2)23-22(24-21(27-23)7-8-28-24)25(26)18-10-16-9-17(12-18)13-19(25)11-16/h3-8,15-19H,9-13H2,1-2H3/t15-,16?,17?,18?,19?,25?/m0/s1. The van der Waals surface area contributed by atoms with Crippen LogP contribution in [0.1, 0.15) is 62.0 Å². The van der Waals surface area contributed by atoms with Crippen molar-refractivity contribution in [1.29, 1.82) is 0 Å². The summed E-state index contributed by atoms with van der Waals surface area (Å²) >= 11 is 1.90. The molecule has 8 rings (SSSR count). The van der Waals surface area contributed by atoms with Gasteiger partial charge >= 0.3 is 0 Å². The molecule has 5 aliphatic rings. The fraction of sp³-hybridized carbons (Fsp3) is 0.520. The summed E-state index contributed by atoms with van der Waals surface area (Å²) in [5.74, 6) is 4.75. The van der Waals surface area contributed by atoms with Crippen molar-refractivity contribution in [1.82, 2.24) is 0 Å². The summed E-state index contributed by atoms with van der Waals surface area (Å²) in [5.41, 5.74) is 5.68. The number of para-hydroxylation sites is 1. The second-order valence-electron chi connectivity index (χ2n) is 9.92. The minimum atomic E-state index is 0.143. The number of benzene rings is 1. The van der Waals surface area contributed by atoms with Gasteiger partial charge in [-0.2, -0.15) is 0 Å². The Morgan fingerprint density at radius 1 is 1.00 bits per heavy atom. The molecule has 4 aliphatic carbocycles. The largest absolute Gasteiger partial charge is 0.458 e. The van der Waals surface area contributed by atoms with E-state index in [1.807, 2.05) is 11.3 Å². The first-order valence-corrected chi connectivity index (χ1v) is 11.9. The van der Waals surface area contributed by atoms with Gasteiger partial charge in [-0.15, -0.1) is 11.3 Å². The molecular weight excluding hydrogens is 362 g/mol. The third kappa shape index (κ3) is 1.72. The molecule has 0 N–H and O–H groups in total. The molecule has 2 aromatic heterocycles. The Labute approximate surface area is 170 Å². The van der Waals surface area contributed by atoms with Crippen molar-refractivity contribution < 1.29 is 4.42 Å². The van der Waals surface area contributed by atoms with Gasteiger partial charge in [0.2, 0.25) is 0 Å². The zero-order valence-electron chi connectivity index (χ0n) is 16.7. The maximum absolute atomic E-state index is 6.55. The van der Waals surface area contributed by atoms with Crippen molar-refractivity contribution in [2.24, 2.45) is 23.7 Å². The highest BCUT2D eigenvalue weighted by Gasteiger charge is 2.66. The molecular formula is C25H27NOS. The average molecular weight is 390 g/mol. The predicted octanol–water partition coefficient (Wildman–Crippen LogP) is 7.04. The SMILES string of the molecule is Cc1ccccc1N1[C@@H](C)c2oc3ccsc3c2C12C1CC3CC(C1)CC2C3. The van der Waals surface area contributed by atoms with Gasteiger partial charge in [0, 0.05) is 11.3 Å². The molecule has 0 saturated heterocycles. The molecule has 1 spiro atoms. The van der Waals surface area contributed by atoms with Crippen molar-refractivity contribution in [2.45, 2.75) is 57.5 Å². The Hall–Kier alpha value is -1.74. The van der Waals surface area contributed by atoms with Crippen molar-refractivity contribution in [3.63, 3.8) is 0 Å². The van der Waals surface area contributed by atoms with Crippen molar-refractivity contribution in [3.05, 3.63) is 52.6 Å². The molecule has 1 aliphatic heterocycles. The van der Waals surface area contributed by atoms with Gasteiger partial charge in [0.1, 0.15) is 11.3 Å². The lowest BCUT2D eigenvalue weighted by Gasteiger charge is -2.63. The van der Waals surface area contributed by atoms with Crippen molar-refractivity contribution in [3.8, 4) is 0 Å². The van der Waals surface area contributed by atoms with Crippen molar-refractivity contribution >= 4 is 27.3 Å². The van der Waals surface area contributed by atoms with Gasteiger partial charge < -0.3 is 9.32 Å². The summed E-state index contributed by atoms with van der Waals surface area (Å²) in [6.45, 7) is 4.67. The lowest BCUT2D eigenvalue weighted by Crippen LogP contribution is -2.62. The summed E-state index contributed by atoms with van der Waals surface area (Å²) < 4.78 is 7.99. The monoisotopic (exact) mass is 389 g/mol. The van der Waals surface area contributed by atoms with Gasteiger partial charge in [0.15, 0.2) is 0 Å². The molecule has 3 heteroatoms. The minimum absolute atomic E-state index is 0.143. The Morgan fingerprint density at radius 3 is 2.43 bits per heavy atom. The summed E-state index contributed by atoms with van der Waals surface area (Å²) in [5, 5.41) is 2.22. The number of thiophene rings is 1. The van der Waals surface area contributed by atoms with Crippen LogP contribution in [-0.2, 0) is 5.54 Å². The summed E-state index contributed by atoms with van der Waals surface area (Å²) in [6.07, 6.45) is 7.16. The van der Waals surface area contributed by atoms with E-state index in [1.54, 1.807) is 5.56 Å². The number of nitrogens with zero attached hydrogens (tertiary/aromatic N) is 1. The third-order valence-electron chi connectivity index (χ3n) is 8.65. The van der Waals surface area contributed by atoms with E-state index in [-0.39, 0.29) is 5.54 Å². The van der Waals surface area contributed by atoms with E-state index >= 15 is 0 Å². The van der Waals surface area contributed by atoms with Gasteiger partial charge in [0.05, 0.1) is 16.3 Å². The topological polar surface area (TPSA) is 16.4 Å². The number of hydrogen-bond acceptors (Lipinski definition) is 3. The summed E-state index contributed by atoms with van der Waals surface area (Å²) in [4.78, 5) is 2.84. The van der Waals surface area contributed by atoms with Gasteiger partial charge in [-0.25, -0.2) is 0 Å². The first-order chi connectivity index (χ1) is 13.7. The second-order valence-corrected chi connectivity index (χ2v) is 10.8. The van der Waals surface area contributed by atoms with Crippen LogP contribution < -0.4 is 4.90 Å². The number of aryl methyl sites for hydroxylation is 1. The molecule has 1 atom stereocenters. The number of rotatable bonds is 1. The molecule has 4 bridgehead atoms. The minimum Gasteiger partial charge on any atom is -0.458 e. The highest BCUT2D eigenvalue weighted by atomic mass is 32.1. The first-order valence-electron chi connectivity index (χ1n) is 11.0. The maximum Gasteiger partial charge on any atom is 0.145 e. The van der Waals surface area contributed by atoms with E-state index in [4.69, 9.17) is 4.42 Å². The molecule has 0 unspecified atom stereocenters. The average Bonchev–Trinajstić information content (AvgIpc) is 3.32. The normalized spacial score (nSPS) is 38.1. The summed E-state index contributed by atoms with van der Waals surface area (Å²) in [6, 6.07) is 11.5. The van der Waals surface area contributed by atoms with Crippen LogP contribution in [0, 0.1) is 30.6 Å². The smallest absolute Gasteiger partial charge is 0.145 e. The second kappa shape index (κ2) is 5.24. The molecule has 3 aromatic rings. The molecule has 0 radical (unpaired) electrons. The quantitative estimate of drug-likeness (QED) is 0.444. The first kappa shape index (κ1) is 16.1. The van der Waals surface area contributed by atoms with Gasteiger partial charge in [-0.3, -0.25) is 0 Å². The molecule has 2 nitrogen and oxygen atoms in total. The fourth-order valence-corrected chi connectivity index (χ4v) is 8.95. The highest BCUT2D eigenvalue weighted by Crippen LogP contribution is 2.70. The van der Waals surface area contributed by atoms with Crippen LogP contribution in [0.2, 0.25) is 0 Å². The van der Waals surface area contributed by atoms with Gasteiger partial charge in [0.25, 0.3) is 0 Å². The van der Waals surface area contributed by atoms with E-state index in [0.717, 1.165) is 29.3 Å². The lowest BCUT2D eigenvalue weighted by molar-refractivity contribution is -0.0595. The van der Waals surface area contributed by atoms with Crippen LogP contribution in [0.3, 0.4) is 0 Å². The number of anilines is 1. The zero-order chi connectivity index (χ0) is 18.6.